The number of nitriles is 1. The van der Waals surface area contributed by atoms with E-state index < -0.39 is 0 Å². The first kappa shape index (κ1) is 11.6. The lowest BCUT2D eigenvalue weighted by atomic mass is 10.2. The van der Waals surface area contributed by atoms with Gasteiger partial charge in [-0.15, -0.1) is 0 Å². The average molecular weight is 229 g/mol. The molecule has 4 heteroatoms. The van der Waals surface area contributed by atoms with Crippen LogP contribution < -0.4 is 0 Å². The van der Waals surface area contributed by atoms with Crippen LogP contribution in [0.1, 0.15) is 24.7 Å². The number of imidazole rings is 1. The SMILES string of the molecule is CCCn1c(COC)nc2cc(C#N)ccc21. The molecule has 0 N–H and O–H groups in total. The molecular weight excluding hydrogens is 214 g/mol. The highest BCUT2D eigenvalue weighted by Crippen LogP contribution is 2.18. The number of benzene rings is 1. The number of aromatic nitrogens is 2. The molecule has 17 heavy (non-hydrogen) atoms. The number of nitrogens with zero attached hydrogens (tertiary/aromatic N) is 3. The van der Waals surface area contributed by atoms with Crippen molar-refractivity contribution < 1.29 is 4.74 Å². The maximum absolute atomic E-state index is 8.87. The van der Waals surface area contributed by atoms with Crippen LogP contribution in [0.15, 0.2) is 18.2 Å². The Morgan fingerprint density at radius 1 is 1.47 bits per heavy atom. The highest BCUT2D eigenvalue weighted by molar-refractivity contribution is 5.77. The van der Waals surface area contributed by atoms with Gasteiger partial charge < -0.3 is 9.30 Å². The lowest BCUT2D eigenvalue weighted by molar-refractivity contribution is 0.174. The third-order valence-corrected chi connectivity index (χ3v) is 2.68. The quantitative estimate of drug-likeness (QED) is 0.809. The first-order valence-electron chi connectivity index (χ1n) is 5.68. The van der Waals surface area contributed by atoms with Crippen LogP contribution in [0.4, 0.5) is 0 Å². The van der Waals surface area contributed by atoms with E-state index in [0.717, 1.165) is 29.8 Å². The Hall–Kier alpha value is -1.86. The summed E-state index contributed by atoms with van der Waals surface area (Å²) in [6, 6.07) is 7.73. The molecule has 4 nitrogen and oxygen atoms in total. The van der Waals surface area contributed by atoms with E-state index >= 15 is 0 Å². The van der Waals surface area contributed by atoms with Gasteiger partial charge in [0.25, 0.3) is 0 Å². The summed E-state index contributed by atoms with van der Waals surface area (Å²) in [7, 11) is 1.66. The zero-order valence-corrected chi connectivity index (χ0v) is 10.1. The summed E-state index contributed by atoms with van der Waals surface area (Å²) in [5, 5.41) is 8.87. The number of rotatable bonds is 4. The molecule has 0 fully saturated rings. The van der Waals surface area contributed by atoms with E-state index in [4.69, 9.17) is 10.00 Å². The molecule has 0 unspecified atom stereocenters. The minimum Gasteiger partial charge on any atom is -0.377 e. The molecule has 0 saturated carbocycles. The van der Waals surface area contributed by atoms with Crippen LogP contribution in [0.25, 0.3) is 11.0 Å². The van der Waals surface area contributed by atoms with Crippen molar-refractivity contribution in [2.75, 3.05) is 7.11 Å². The predicted octanol–water partition coefficient (Wildman–Crippen LogP) is 2.46. The Morgan fingerprint density at radius 3 is 2.94 bits per heavy atom. The Morgan fingerprint density at radius 2 is 2.29 bits per heavy atom. The van der Waals surface area contributed by atoms with Crippen molar-refractivity contribution in [3.8, 4) is 6.07 Å². The van der Waals surface area contributed by atoms with E-state index in [9.17, 15) is 0 Å². The number of hydrogen-bond acceptors (Lipinski definition) is 3. The van der Waals surface area contributed by atoms with Crippen molar-refractivity contribution in [3.63, 3.8) is 0 Å². The molecule has 88 valence electrons. The van der Waals surface area contributed by atoms with Gasteiger partial charge in [-0.25, -0.2) is 4.98 Å². The lowest BCUT2D eigenvalue weighted by Crippen LogP contribution is -2.04. The molecule has 0 spiro atoms. The van der Waals surface area contributed by atoms with Gasteiger partial charge in [0.2, 0.25) is 0 Å². The van der Waals surface area contributed by atoms with Crippen LogP contribution in [-0.4, -0.2) is 16.7 Å². The van der Waals surface area contributed by atoms with Gasteiger partial charge in [-0.1, -0.05) is 6.92 Å². The molecule has 0 radical (unpaired) electrons. The monoisotopic (exact) mass is 229 g/mol. The number of methoxy groups -OCH3 is 1. The molecular formula is C13H15N3O. The zero-order chi connectivity index (χ0) is 12.3. The molecule has 0 atom stereocenters. The van der Waals surface area contributed by atoms with Gasteiger partial charge in [-0.2, -0.15) is 5.26 Å². The van der Waals surface area contributed by atoms with Gasteiger partial charge in [-0.3, -0.25) is 0 Å². The maximum Gasteiger partial charge on any atom is 0.135 e. The predicted molar refractivity (Wildman–Crippen MR) is 65.5 cm³/mol. The van der Waals surface area contributed by atoms with Crippen LogP contribution >= 0.6 is 0 Å². The van der Waals surface area contributed by atoms with Crippen LogP contribution in [-0.2, 0) is 17.9 Å². The van der Waals surface area contributed by atoms with Gasteiger partial charge in [0.05, 0.1) is 22.7 Å². The van der Waals surface area contributed by atoms with E-state index in [2.05, 4.69) is 22.5 Å². The Kier molecular flexibility index (Phi) is 3.40. The molecule has 1 aromatic heterocycles. The van der Waals surface area contributed by atoms with Crippen molar-refractivity contribution in [2.24, 2.45) is 0 Å². The summed E-state index contributed by atoms with van der Waals surface area (Å²) >= 11 is 0. The highest BCUT2D eigenvalue weighted by Gasteiger charge is 2.10. The van der Waals surface area contributed by atoms with E-state index in [1.165, 1.54) is 0 Å². The smallest absolute Gasteiger partial charge is 0.135 e. The fourth-order valence-corrected chi connectivity index (χ4v) is 1.96. The van der Waals surface area contributed by atoms with E-state index in [-0.39, 0.29) is 0 Å². The average Bonchev–Trinajstić information content (AvgIpc) is 2.68. The molecule has 0 aliphatic heterocycles. The summed E-state index contributed by atoms with van der Waals surface area (Å²) in [5.41, 5.74) is 2.57. The molecule has 1 heterocycles. The summed E-state index contributed by atoms with van der Waals surface area (Å²) < 4.78 is 7.31. The van der Waals surface area contributed by atoms with Crippen molar-refractivity contribution in [2.45, 2.75) is 26.5 Å². The van der Waals surface area contributed by atoms with Crippen LogP contribution in [0.2, 0.25) is 0 Å². The topological polar surface area (TPSA) is 50.8 Å². The number of hydrogen-bond donors (Lipinski definition) is 0. The maximum atomic E-state index is 8.87. The van der Waals surface area contributed by atoms with E-state index in [0.29, 0.717) is 12.2 Å². The van der Waals surface area contributed by atoms with Crippen molar-refractivity contribution in [1.82, 2.24) is 9.55 Å². The fourth-order valence-electron chi connectivity index (χ4n) is 1.96. The molecule has 0 bridgehead atoms. The van der Waals surface area contributed by atoms with Gasteiger partial charge in [0.15, 0.2) is 0 Å². The zero-order valence-electron chi connectivity index (χ0n) is 10.1. The van der Waals surface area contributed by atoms with Crippen LogP contribution in [0.5, 0.6) is 0 Å². The van der Waals surface area contributed by atoms with Crippen molar-refractivity contribution in [1.29, 1.82) is 5.26 Å². The Balaban J connectivity index is 2.57. The number of ether oxygens (including phenoxy) is 1. The van der Waals surface area contributed by atoms with E-state index in [1.54, 1.807) is 7.11 Å². The largest absolute Gasteiger partial charge is 0.377 e. The van der Waals surface area contributed by atoms with Crippen molar-refractivity contribution in [3.05, 3.63) is 29.6 Å². The van der Waals surface area contributed by atoms with E-state index in [1.807, 2.05) is 18.2 Å². The molecule has 0 amide bonds. The number of fused-ring (bicyclic) bond motifs is 1. The van der Waals surface area contributed by atoms with Gasteiger partial charge in [-0.05, 0) is 24.6 Å². The lowest BCUT2D eigenvalue weighted by Gasteiger charge is -2.06. The Bertz CT molecular complexity index is 566. The second kappa shape index (κ2) is 4.98. The summed E-state index contributed by atoms with van der Waals surface area (Å²) in [4.78, 5) is 4.52. The van der Waals surface area contributed by atoms with Gasteiger partial charge >= 0.3 is 0 Å². The third-order valence-electron chi connectivity index (χ3n) is 2.68. The summed E-state index contributed by atoms with van der Waals surface area (Å²) in [6.07, 6.45) is 1.04. The van der Waals surface area contributed by atoms with Crippen LogP contribution in [0.3, 0.4) is 0 Å². The molecule has 2 aromatic rings. The highest BCUT2D eigenvalue weighted by atomic mass is 16.5. The molecule has 0 aliphatic rings. The Labute approximate surface area is 100 Å². The normalized spacial score (nSPS) is 10.6. The van der Waals surface area contributed by atoms with Gasteiger partial charge in [0, 0.05) is 13.7 Å². The molecule has 2 rings (SSSR count). The molecule has 1 aromatic carbocycles. The first-order valence-corrected chi connectivity index (χ1v) is 5.68. The second-order valence-corrected chi connectivity index (χ2v) is 3.93. The number of aryl methyl sites for hydroxylation is 1. The third kappa shape index (κ3) is 2.15. The summed E-state index contributed by atoms with van der Waals surface area (Å²) in [5.74, 6) is 0.916. The minimum absolute atomic E-state index is 0.497. The van der Waals surface area contributed by atoms with Gasteiger partial charge in [0.1, 0.15) is 12.4 Å². The minimum atomic E-state index is 0.497. The second-order valence-electron chi connectivity index (χ2n) is 3.93. The molecule has 0 saturated heterocycles. The first-order chi connectivity index (χ1) is 8.30. The standard InChI is InChI=1S/C13H15N3O/c1-3-6-16-12-5-4-10(8-14)7-11(12)15-13(16)9-17-2/h4-5,7H,3,6,9H2,1-2H3. The fraction of sp³-hybridized carbons (Fsp3) is 0.385. The summed E-state index contributed by atoms with van der Waals surface area (Å²) in [6.45, 7) is 3.55. The van der Waals surface area contributed by atoms with Crippen molar-refractivity contribution >= 4 is 11.0 Å². The van der Waals surface area contributed by atoms with Crippen LogP contribution in [0, 0.1) is 11.3 Å². The molecule has 0 aliphatic carbocycles.